The van der Waals surface area contributed by atoms with E-state index in [0.717, 1.165) is 0 Å². The summed E-state index contributed by atoms with van der Waals surface area (Å²) in [4.78, 5) is 32.6. The second-order valence-corrected chi connectivity index (χ2v) is 5.71. The van der Waals surface area contributed by atoms with Crippen LogP contribution in [0.3, 0.4) is 0 Å². The van der Waals surface area contributed by atoms with Crippen LogP contribution in [0.1, 0.15) is 20.7 Å². The summed E-state index contributed by atoms with van der Waals surface area (Å²) in [5.41, 5.74) is 1.83. The highest BCUT2D eigenvalue weighted by Gasteiger charge is 2.25. The molecule has 1 aromatic carbocycles. The molecule has 6 nitrogen and oxygen atoms in total. The number of hydrogen-bond acceptors (Lipinski definition) is 4. The summed E-state index contributed by atoms with van der Waals surface area (Å²) < 4.78 is 5.28. The van der Waals surface area contributed by atoms with E-state index in [9.17, 15) is 9.59 Å². The van der Waals surface area contributed by atoms with E-state index in [2.05, 4.69) is 4.98 Å². The normalized spacial score (nSPS) is 10.2. The lowest BCUT2D eigenvalue weighted by Gasteiger charge is -2.20. The molecule has 0 radical (unpaired) electrons. The van der Waals surface area contributed by atoms with Crippen molar-refractivity contribution in [2.75, 3.05) is 35.3 Å². The number of methoxy groups -OCH3 is 1. The van der Waals surface area contributed by atoms with Gasteiger partial charge in [0.1, 0.15) is 5.75 Å². The van der Waals surface area contributed by atoms with Gasteiger partial charge in [0.2, 0.25) is 0 Å². The molecule has 0 aliphatic rings. The second kappa shape index (κ2) is 7.12. The van der Waals surface area contributed by atoms with Crippen molar-refractivity contribution in [3.8, 4) is 17.0 Å². The lowest BCUT2D eigenvalue weighted by molar-refractivity contribution is 0.0827. The monoisotopic (exact) mass is 327 g/mol. The van der Waals surface area contributed by atoms with Gasteiger partial charge in [0.05, 0.1) is 23.9 Å². The number of hydrogen-bond donors (Lipinski definition) is 0. The van der Waals surface area contributed by atoms with Gasteiger partial charge in [0.15, 0.2) is 0 Å². The van der Waals surface area contributed by atoms with E-state index in [0.29, 0.717) is 28.1 Å². The predicted molar refractivity (Wildman–Crippen MR) is 92.3 cm³/mol. The predicted octanol–water partition coefficient (Wildman–Crippen LogP) is 2.16. The first-order valence-electron chi connectivity index (χ1n) is 7.43. The van der Waals surface area contributed by atoms with Crippen molar-refractivity contribution in [1.29, 1.82) is 0 Å². The molecule has 6 heteroatoms. The summed E-state index contributed by atoms with van der Waals surface area (Å²) >= 11 is 0. The largest absolute Gasteiger partial charge is 0.497 e. The van der Waals surface area contributed by atoms with Crippen molar-refractivity contribution < 1.29 is 14.3 Å². The molecule has 24 heavy (non-hydrogen) atoms. The van der Waals surface area contributed by atoms with Crippen LogP contribution >= 0.6 is 0 Å². The van der Waals surface area contributed by atoms with Crippen LogP contribution in [0.4, 0.5) is 0 Å². The first-order valence-corrected chi connectivity index (χ1v) is 7.43. The lowest BCUT2D eigenvalue weighted by Crippen LogP contribution is -2.26. The van der Waals surface area contributed by atoms with Crippen molar-refractivity contribution >= 4 is 11.8 Å². The maximum Gasteiger partial charge on any atom is 0.254 e. The molecule has 2 amide bonds. The molecule has 0 unspecified atom stereocenters. The molecule has 2 rings (SSSR count). The number of benzene rings is 1. The van der Waals surface area contributed by atoms with Crippen LogP contribution in [-0.2, 0) is 0 Å². The van der Waals surface area contributed by atoms with Crippen molar-refractivity contribution in [3.63, 3.8) is 0 Å². The first-order chi connectivity index (χ1) is 11.4. The fourth-order valence-electron chi connectivity index (χ4n) is 2.34. The molecule has 0 aliphatic carbocycles. The molecule has 2 aromatic rings. The van der Waals surface area contributed by atoms with E-state index >= 15 is 0 Å². The van der Waals surface area contributed by atoms with E-state index < -0.39 is 0 Å². The van der Waals surface area contributed by atoms with E-state index in [-0.39, 0.29) is 11.8 Å². The van der Waals surface area contributed by atoms with Gasteiger partial charge in [-0.1, -0.05) is 6.07 Å². The Kier molecular flexibility index (Phi) is 5.18. The number of aromatic nitrogens is 1. The van der Waals surface area contributed by atoms with Crippen LogP contribution in [-0.4, -0.2) is 61.9 Å². The molecule has 0 bridgehead atoms. The van der Waals surface area contributed by atoms with Crippen molar-refractivity contribution in [2.24, 2.45) is 0 Å². The van der Waals surface area contributed by atoms with Crippen LogP contribution in [0.25, 0.3) is 11.3 Å². The number of rotatable bonds is 4. The molecule has 0 atom stereocenters. The van der Waals surface area contributed by atoms with Crippen LogP contribution in [0.15, 0.2) is 36.5 Å². The molecule has 1 heterocycles. The van der Waals surface area contributed by atoms with Gasteiger partial charge < -0.3 is 14.5 Å². The highest BCUT2D eigenvalue weighted by molar-refractivity contribution is 6.09. The van der Waals surface area contributed by atoms with Crippen LogP contribution in [0.2, 0.25) is 0 Å². The molecular formula is C18H21N3O3. The second-order valence-electron chi connectivity index (χ2n) is 5.71. The molecular weight excluding hydrogens is 306 g/mol. The molecule has 1 aromatic heterocycles. The lowest BCUT2D eigenvalue weighted by atomic mass is 9.95. The maximum atomic E-state index is 12.7. The van der Waals surface area contributed by atoms with E-state index in [1.807, 2.05) is 6.07 Å². The quantitative estimate of drug-likeness (QED) is 0.863. The van der Waals surface area contributed by atoms with E-state index in [1.165, 1.54) is 16.9 Å². The summed E-state index contributed by atoms with van der Waals surface area (Å²) in [6.45, 7) is 0. The smallest absolute Gasteiger partial charge is 0.254 e. The number of carbonyl (C=O) groups is 2. The van der Waals surface area contributed by atoms with Gasteiger partial charge >= 0.3 is 0 Å². The minimum atomic E-state index is -0.220. The van der Waals surface area contributed by atoms with Gasteiger partial charge in [-0.3, -0.25) is 14.6 Å². The highest BCUT2D eigenvalue weighted by atomic mass is 16.5. The Hall–Kier alpha value is -2.89. The summed E-state index contributed by atoms with van der Waals surface area (Å²) in [6.07, 6.45) is 1.63. The third-order valence-corrected chi connectivity index (χ3v) is 3.54. The van der Waals surface area contributed by atoms with Crippen LogP contribution in [0.5, 0.6) is 5.75 Å². The number of carbonyl (C=O) groups excluding carboxylic acids is 2. The zero-order valence-corrected chi connectivity index (χ0v) is 14.5. The van der Waals surface area contributed by atoms with Gasteiger partial charge in [-0.2, -0.15) is 0 Å². The minimum absolute atomic E-state index is 0.220. The average molecular weight is 327 g/mol. The van der Waals surface area contributed by atoms with Gasteiger partial charge in [0, 0.05) is 40.0 Å². The minimum Gasteiger partial charge on any atom is -0.497 e. The van der Waals surface area contributed by atoms with Gasteiger partial charge in [0.25, 0.3) is 11.8 Å². The summed E-state index contributed by atoms with van der Waals surface area (Å²) in [5.74, 6) is 0.00907. The third-order valence-electron chi connectivity index (χ3n) is 3.54. The first kappa shape index (κ1) is 17.5. The topological polar surface area (TPSA) is 62.7 Å². The molecule has 0 spiro atoms. The molecule has 0 saturated carbocycles. The molecule has 0 N–H and O–H groups in total. The number of ether oxygens (including phenoxy) is 1. The Morgan fingerprint density at radius 1 is 0.958 bits per heavy atom. The summed E-state index contributed by atoms with van der Waals surface area (Å²) in [7, 11) is 8.16. The molecule has 0 saturated heterocycles. The standard InChI is InChI=1S/C18H21N3O3/c1-20(2)17(22)13-10-12(24-5)11-14(18(23)21(3)4)16(13)15-8-6-7-9-19-15/h6-11H,1-5H3. The van der Waals surface area contributed by atoms with Crippen molar-refractivity contribution in [2.45, 2.75) is 0 Å². The van der Waals surface area contributed by atoms with Crippen LogP contribution in [0, 0.1) is 0 Å². The van der Waals surface area contributed by atoms with Crippen LogP contribution < -0.4 is 4.74 Å². The average Bonchev–Trinajstić information content (AvgIpc) is 2.59. The van der Waals surface area contributed by atoms with E-state index in [1.54, 1.807) is 58.7 Å². The zero-order valence-electron chi connectivity index (χ0n) is 14.5. The van der Waals surface area contributed by atoms with E-state index in [4.69, 9.17) is 4.74 Å². The zero-order chi connectivity index (χ0) is 17.9. The molecule has 126 valence electrons. The number of nitrogens with zero attached hydrogens (tertiary/aromatic N) is 3. The Labute approximate surface area is 141 Å². The number of pyridine rings is 1. The number of amides is 2. The Morgan fingerprint density at radius 2 is 1.50 bits per heavy atom. The fraction of sp³-hybridized carbons (Fsp3) is 0.278. The third kappa shape index (κ3) is 3.37. The Balaban J connectivity index is 2.84. The Morgan fingerprint density at radius 3 is 1.88 bits per heavy atom. The fourth-order valence-corrected chi connectivity index (χ4v) is 2.34. The summed E-state index contributed by atoms with van der Waals surface area (Å²) in [5, 5.41) is 0. The van der Waals surface area contributed by atoms with Crippen molar-refractivity contribution in [3.05, 3.63) is 47.7 Å². The van der Waals surface area contributed by atoms with Gasteiger partial charge in [-0.05, 0) is 24.3 Å². The Bertz CT molecular complexity index is 714. The van der Waals surface area contributed by atoms with Gasteiger partial charge in [-0.15, -0.1) is 0 Å². The maximum absolute atomic E-state index is 12.7. The SMILES string of the molecule is COc1cc(C(=O)N(C)C)c(-c2ccccn2)c(C(=O)N(C)C)c1. The summed E-state index contributed by atoms with van der Waals surface area (Å²) in [6, 6.07) is 8.66. The van der Waals surface area contributed by atoms with Crippen molar-refractivity contribution in [1.82, 2.24) is 14.8 Å². The molecule has 0 aliphatic heterocycles. The van der Waals surface area contributed by atoms with Gasteiger partial charge in [-0.25, -0.2) is 0 Å². The highest BCUT2D eigenvalue weighted by Crippen LogP contribution is 2.32. The molecule has 0 fully saturated rings.